The Kier molecular flexibility index (Phi) is 5.45. The van der Waals surface area contributed by atoms with Crippen molar-refractivity contribution in [1.82, 2.24) is 15.0 Å². The van der Waals surface area contributed by atoms with E-state index in [4.69, 9.17) is 11.6 Å². The van der Waals surface area contributed by atoms with Crippen LogP contribution in [0.2, 0.25) is 5.02 Å². The molecule has 130 valence electrons. The van der Waals surface area contributed by atoms with E-state index < -0.39 is 5.97 Å². The van der Waals surface area contributed by atoms with Crippen LogP contribution < -0.4 is 5.43 Å². The van der Waals surface area contributed by atoms with E-state index in [1.165, 1.54) is 18.0 Å². The zero-order valence-corrected chi connectivity index (χ0v) is 16.2. The molecule has 10 heteroatoms. The summed E-state index contributed by atoms with van der Waals surface area (Å²) < 4.78 is 0.789. The van der Waals surface area contributed by atoms with Crippen molar-refractivity contribution in [2.24, 2.45) is 4.99 Å². The normalized spacial score (nSPS) is 13.7. The summed E-state index contributed by atoms with van der Waals surface area (Å²) in [5.41, 5.74) is 4.15. The van der Waals surface area contributed by atoms with Crippen molar-refractivity contribution in [3.05, 3.63) is 45.1 Å². The number of aromatic nitrogens is 2. The number of hydrazine groups is 1. The topological polar surface area (TPSA) is 90.7 Å². The van der Waals surface area contributed by atoms with Gasteiger partial charge in [-0.3, -0.25) is 15.4 Å². The molecule has 0 atom stereocenters. The molecule has 0 bridgehead atoms. The van der Waals surface area contributed by atoms with Crippen LogP contribution in [0.4, 0.5) is 5.69 Å². The Morgan fingerprint density at radius 2 is 2.28 bits per heavy atom. The second-order valence-electron chi connectivity index (χ2n) is 4.99. The van der Waals surface area contributed by atoms with Gasteiger partial charge in [-0.2, -0.15) is 0 Å². The number of carboxylic acids is 1. The van der Waals surface area contributed by atoms with E-state index in [1.54, 1.807) is 11.1 Å². The summed E-state index contributed by atoms with van der Waals surface area (Å²) in [6, 6.07) is 5.45. The smallest absolute Gasteiger partial charge is 0.339 e. The van der Waals surface area contributed by atoms with Crippen LogP contribution in [0.5, 0.6) is 0 Å². The number of aromatic carboxylic acids is 1. The molecular formula is C15H13BrClN5O2S. The molecule has 2 aromatic rings. The Bertz CT molecular complexity index is 844. The Morgan fingerprint density at radius 3 is 2.96 bits per heavy atom. The van der Waals surface area contributed by atoms with Crippen molar-refractivity contribution in [3.8, 4) is 0 Å². The minimum Gasteiger partial charge on any atom is -0.478 e. The summed E-state index contributed by atoms with van der Waals surface area (Å²) in [6.45, 7) is 1.08. The minimum absolute atomic E-state index is 0.00322. The molecule has 0 saturated carbocycles. The average Bonchev–Trinajstić information content (AvgIpc) is 3.05. The Labute approximate surface area is 161 Å². The van der Waals surface area contributed by atoms with Crippen molar-refractivity contribution in [1.29, 1.82) is 0 Å². The molecule has 1 aromatic carbocycles. The lowest BCUT2D eigenvalue weighted by atomic mass is 10.2. The van der Waals surface area contributed by atoms with Gasteiger partial charge in [-0.15, -0.1) is 0 Å². The third-order valence-electron chi connectivity index (χ3n) is 3.44. The number of amidine groups is 1. The van der Waals surface area contributed by atoms with Gasteiger partial charge >= 0.3 is 5.97 Å². The van der Waals surface area contributed by atoms with Gasteiger partial charge in [0.15, 0.2) is 11.0 Å². The van der Waals surface area contributed by atoms with Crippen LogP contribution in [0, 0.1) is 0 Å². The number of carbonyl (C=O) groups is 1. The van der Waals surface area contributed by atoms with Crippen LogP contribution in [-0.4, -0.2) is 51.2 Å². The first kappa shape index (κ1) is 18.0. The molecule has 1 aliphatic rings. The standard InChI is InChI=1S/C15H13BrClN5O2S/c1-25-15-19-7-8(14(23)24)11(20-15)13-18-5-6-22(13)21-12-9(16)3-2-4-10(12)17/h2-4,7,21H,5-6H2,1H3,(H,23,24). The van der Waals surface area contributed by atoms with Crippen LogP contribution in [-0.2, 0) is 0 Å². The predicted molar refractivity (Wildman–Crippen MR) is 102 cm³/mol. The fourth-order valence-corrected chi connectivity index (χ4v) is 3.42. The molecule has 1 aliphatic heterocycles. The van der Waals surface area contributed by atoms with Gasteiger partial charge in [0.2, 0.25) is 0 Å². The van der Waals surface area contributed by atoms with Crippen LogP contribution in [0.25, 0.3) is 0 Å². The lowest BCUT2D eigenvalue weighted by Crippen LogP contribution is -2.36. The third kappa shape index (κ3) is 3.73. The van der Waals surface area contributed by atoms with E-state index in [0.29, 0.717) is 34.8 Å². The quantitative estimate of drug-likeness (QED) is 0.542. The highest BCUT2D eigenvalue weighted by Gasteiger charge is 2.27. The molecule has 2 heterocycles. The number of carboxylic acid groups (broad SMARTS) is 1. The van der Waals surface area contributed by atoms with Crippen molar-refractivity contribution in [2.45, 2.75) is 5.16 Å². The maximum Gasteiger partial charge on any atom is 0.339 e. The largest absolute Gasteiger partial charge is 0.478 e. The summed E-state index contributed by atoms with van der Waals surface area (Å²) in [5, 5.41) is 12.2. The SMILES string of the molecule is CSc1ncc(C(=O)O)c(C2=NCCN2Nc2c(Cl)cccc2Br)n1. The molecule has 25 heavy (non-hydrogen) atoms. The first-order valence-corrected chi connectivity index (χ1v) is 9.58. The molecule has 7 nitrogen and oxygen atoms in total. The first-order valence-electron chi connectivity index (χ1n) is 7.18. The molecule has 0 fully saturated rings. The summed E-state index contributed by atoms with van der Waals surface area (Å²) in [4.78, 5) is 24.3. The van der Waals surface area contributed by atoms with Gasteiger partial charge in [-0.05, 0) is 34.3 Å². The van der Waals surface area contributed by atoms with E-state index >= 15 is 0 Å². The monoisotopic (exact) mass is 441 g/mol. The van der Waals surface area contributed by atoms with E-state index in [1.807, 2.05) is 18.4 Å². The fourth-order valence-electron chi connectivity index (χ4n) is 2.29. The Morgan fingerprint density at radius 1 is 1.48 bits per heavy atom. The molecule has 1 aromatic heterocycles. The average molecular weight is 443 g/mol. The van der Waals surface area contributed by atoms with E-state index in [0.717, 1.165) is 4.47 Å². The van der Waals surface area contributed by atoms with Crippen LogP contribution in [0.3, 0.4) is 0 Å². The van der Waals surface area contributed by atoms with Gasteiger partial charge < -0.3 is 5.11 Å². The highest BCUT2D eigenvalue weighted by Crippen LogP contribution is 2.31. The number of halogens is 2. The maximum absolute atomic E-state index is 11.5. The van der Waals surface area contributed by atoms with Crippen molar-refractivity contribution >= 4 is 56.8 Å². The number of nitrogens with zero attached hydrogens (tertiary/aromatic N) is 4. The van der Waals surface area contributed by atoms with Gasteiger partial charge in [0.05, 0.1) is 23.8 Å². The highest BCUT2D eigenvalue weighted by molar-refractivity contribution is 9.10. The minimum atomic E-state index is -1.10. The first-order chi connectivity index (χ1) is 12.0. The number of aliphatic imine (C=N–C) groups is 1. The molecule has 0 amide bonds. The van der Waals surface area contributed by atoms with Gasteiger partial charge in [-0.1, -0.05) is 29.4 Å². The number of hydrogen-bond acceptors (Lipinski definition) is 7. The lowest BCUT2D eigenvalue weighted by Gasteiger charge is -2.24. The Hall–Kier alpha value is -1.84. The van der Waals surface area contributed by atoms with Crippen LogP contribution >= 0.6 is 39.3 Å². The molecule has 0 radical (unpaired) electrons. The van der Waals surface area contributed by atoms with Gasteiger partial charge in [-0.25, -0.2) is 14.8 Å². The van der Waals surface area contributed by atoms with Gasteiger partial charge in [0.1, 0.15) is 11.3 Å². The lowest BCUT2D eigenvalue weighted by molar-refractivity contribution is 0.0695. The number of nitrogens with one attached hydrogen (secondary N) is 1. The molecule has 0 spiro atoms. The number of rotatable bonds is 5. The van der Waals surface area contributed by atoms with E-state index in [-0.39, 0.29) is 11.3 Å². The predicted octanol–water partition coefficient (Wildman–Crippen LogP) is 3.40. The highest BCUT2D eigenvalue weighted by atomic mass is 79.9. The summed E-state index contributed by atoms with van der Waals surface area (Å²) in [6.07, 6.45) is 3.13. The zero-order valence-electron chi connectivity index (χ0n) is 13.0. The number of benzene rings is 1. The second kappa shape index (κ2) is 7.59. The van der Waals surface area contributed by atoms with Gasteiger partial charge in [0.25, 0.3) is 0 Å². The number of hydrogen-bond donors (Lipinski definition) is 2. The summed E-state index contributed by atoms with van der Waals surface area (Å²) in [5.74, 6) is -0.655. The van der Waals surface area contributed by atoms with Crippen LogP contribution in [0.1, 0.15) is 16.1 Å². The molecule has 2 N–H and O–H groups in total. The van der Waals surface area contributed by atoms with Crippen LogP contribution in [0.15, 0.2) is 39.0 Å². The van der Waals surface area contributed by atoms with Gasteiger partial charge in [0, 0.05) is 10.7 Å². The molecular weight excluding hydrogens is 430 g/mol. The summed E-state index contributed by atoms with van der Waals surface area (Å²) >= 11 is 11.0. The maximum atomic E-state index is 11.5. The van der Waals surface area contributed by atoms with E-state index in [9.17, 15) is 9.90 Å². The fraction of sp³-hybridized carbons (Fsp3) is 0.200. The van der Waals surface area contributed by atoms with Crippen molar-refractivity contribution in [3.63, 3.8) is 0 Å². The molecule has 0 unspecified atom stereocenters. The zero-order chi connectivity index (χ0) is 18.0. The molecule has 0 saturated heterocycles. The number of anilines is 1. The Balaban J connectivity index is 1.98. The summed E-state index contributed by atoms with van der Waals surface area (Å²) in [7, 11) is 0. The van der Waals surface area contributed by atoms with E-state index in [2.05, 4.69) is 36.3 Å². The number of para-hydroxylation sites is 1. The molecule has 0 aliphatic carbocycles. The van der Waals surface area contributed by atoms with Crippen molar-refractivity contribution < 1.29 is 9.90 Å². The third-order valence-corrected chi connectivity index (χ3v) is 4.98. The second-order valence-corrected chi connectivity index (χ2v) is 7.02. The number of thioether (sulfide) groups is 1. The molecule has 3 rings (SSSR count). The van der Waals surface area contributed by atoms with Crippen molar-refractivity contribution in [2.75, 3.05) is 24.8 Å².